The van der Waals surface area contributed by atoms with Crippen molar-refractivity contribution in [2.75, 3.05) is 0 Å². The Bertz CT molecular complexity index is 702. The molecule has 5 rings (SSSR count). The lowest BCUT2D eigenvalue weighted by Gasteiger charge is -2.42. The summed E-state index contributed by atoms with van der Waals surface area (Å²) in [7, 11) is 0. The standard InChI is InChI=1S/C22H20/c1-3-9-15-16(10-4-2)22-19-13-7-5-11-17(19)21(15)18-12-6-8-14-20(18)22/h3-14,21-22H,1-2H3. The van der Waals surface area contributed by atoms with Gasteiger partial charge in [0.15, 0.2) is 0 Å². The highest BCUT2D eigenvalue weighted by Crippen LogP contribution is 2.55. The van der Waals surface area contributed by atoms with Crippen LogP contribution in [0.3, 0.4) is 0 Å². The SMILES string of the molecule is CC=CC1=C(C=CC)C2c3ccccc3C1c1ccccc12. The molecule has 0 spiro atoms. The Morgan fingerprint density at radius 2 is 0.909 bits per heavy atom. The van der Waals surface area contributed by atoms with Crippen LogP contribution in [0, 0.1) is 0 Å². The van der Waals surface area contributed by atoms with E-state index in [0.29, 0.717) is 11.8 Å². The van der Waals surface area contributed by atoms with E-state index in [1.165, 1.54) is 33.4 Å². The lowest BCUT2D eigenvalue weighted by atomic mass is 9.61. The molecule has 3 aliphatic rings. The van der Waals surface area contributed by atoms with E-state index < -0.39 is 0 Å². The molecule has 0 N–H and O–H groups in total. The number of allylic oxidation sites excluding steroid dienone is 6. The molecule has 2 aromatic carbocycles. The zero-order valence-corrected chi connectivity index (χ0v) is 13.1. The molecule has 22 heavy (non-hydrogen) atoms. The molecule has 0 amide bonds. The third-order valence-corrected chi connectivity index (χ3v) is 4.88. The molecule has 0 saturated heterocycles. The van der Waals surface area contributed by atoms with Gasteiger partial charge in [-0.15, -0.1) is 0 Å². The number of benzene rings is 2. The van der Waals surface area contributed by atoms with Crippen molar-refractivity contribution in [1.82, 2.24) is 0 Å². The first-order valence-electron chi connectivity index (χ1n) is 8.04. The fourth-order valence-corrected chi connectivity index (χ4v) is 4.16. The average molecular weight is 284 g/mol. The number of hydrogen-bond donors (Lipinski definition) is 0. The fourth-order valence-electron chi connectivity index (χ4n) is 4.16. The summed E-state index contributed by atoms with van der Waals surface area (Å²) in [6, 6.07) is 17.9. The molecule has 0 unspecified atom stereocenters. The summed E-state index contributed by atoms with van der Waals surface area (Å²) in [5.41, 5.74) is 8.84. The summed E-state index contributed by atoms with van der Waals surface area (Å²) in [4.78, 5) is 0. The van der Waals surface area contributed by atoms with E-state index in [2.05, 4.69) is 86.7 Å². The second-order valence-electron chi connectivity index (χ2n) is 6.03. The van der Waals surface area contributed by atoms with E-state index in [4.69, 9.17) is 0 Å². The van der Waals surface area contributed by atoms with Crippen LogP contribution >= 0.6 is 0 Å². The van der Waals surface area contributed by atoms with Crippen molar-refractivity contribution < 1.29 is 0 Å². The lowest BCUT2D eigenvalue weighted by molar-refractivity contribution is 0.757. The van der Waals surface area contributed by atoms with Crippen LogP contribution in [-0.4, -0.2) is 0 Å². The highest BCUT2D eigenvalue weighted by molar-refractivity contribution is 5.69. The summed E-state index contributed by atoms with van der Waals surface area (Å²) in [6.07, 6.45) is 8.95. The molecule has 0 saturated carbocycles. The predicted molar refractivity (Wildman–Crippen MR) is 93.2 cm³/mol. The summed E-state index contributed by atoms with van der Waals surface area (Å²) in [5, 5.41) is 0. The van der Waals surface area contributed by atoms with E-state index in [9.17, 15) is 0 Å². The molecule has 0 fully saturated rings. The van der Waals surface area contributed by atoms with Crippen molar-refractivity contribution in [3.8, 4) is 0 Å². The molecule has 0 radical (unpaired) electrons. The van der Waals surface area contributed by atoms with Crippen LogP contribution in [0.1, 0.15) is 47.9 Å². The molecule has 0 heterocycles. The Balaban J connectivity index is 2.08. The topological polar surface area (TPSA) is 0 Å². The Kier molecular flexibility index (Phi) is 3.11. The third kappa shape index (κ3) is 1.70. The second kappa shape index (κ2) is 5.14. The first-order valence-corrected chi connectivity index (χ1v) is 8.04. The maximum atomic E-state index is 2.30. The highest BCUT2D eigenvalue weighted by Gasteiger charge is 2.40. The average Bonchev–Trinajstić information content (AvgIpc) is 2.57. The van der Waals surface area contributed by atoms with Crippen LogP contribution in [0.4, 0.5) is 0 Å². The van der Waals surface area contributed by atoms with Crippen molar-refractivity contribution in [2.24, 2.45) is 0 Å². The Morgan fingerprint density at radius 3 is 1.18 bits per heavy atom. The van der Waals surface area contributed by atoms with Crippen LogP contribution < -0.4 is 0 Å². The van der Waals surface area contributed by atoms with E-state index >= 15 is 0 Å². The molecular formula is C22H20. The summed E-state index contributed by atoms with van der Waals surface area (Å²) in [6.45, 7) is 4.22. The van der Waals surface area contributed by atoms with Gasteiger partial charge in [-0.05, 0) is 47.2 Å². The molecule has 108 valence electrons. The van der Waals surface area contributed by atoms with E-state index in [-0.39, 0.29) is 0 Å². The van der Waals surface area contributed by atoms with E-state index in [1.807, 2.05) is 0 Å². The Hall–Kier alpha value is -2.34. The molecule has 0 aliphatic heterocycles. The molecule has 0 aromatic heterocycles. The lowest BCUT2D eigenvalue weighted by Crippen LogP contribution is -2.27. The smallest absolute Gasteiger partial charge is 0.0349 e. The van der Waals surface area contributed by atoms with Gasteiger partial charge >= 0.3 is 0 Å². The Morgan fingerprint density at radius 1 is 0.591 bits per heavy atom. The van der Waals surface area contributed by atoms with Crippen molar-refractivity contribution in [3.63, 3.8) is 0 Å². The molecule has 2 aromatic rings. The van der Waals surface area contributed by atoms with Crippen LogP contribution in [0.25, 0.3) is 0 Å². The van der Waals surface area contributed by atoms with Gasteiger partial charge < -0.3 is 0 Å². The largest absolute Gasteiger partial charge is 0.0873 e. The summed E-state index contributed by atoms with van der Waals surface area (Å²) in [5.74, 6) is 0.750. The third-order valence-electron chi connectivity index (χ3n) is 4.88. The number of hydrogen-bond acceptors (Lipinski definition) is 0. The van der Waals surface area contributed by atoms with Crippen molar-refractivity contribution in [3.05, 3.63) is 106 Å². The van der Waals surface area contributed by atoms with Crippen LogP contribution in [0.15, 0.2) is 84.0 Å². The van der Waals surface area contributed by atoms with Crippen molar-refractivity contribution >= 4 is 0 Å². The molecule has 0 heteroatoms. The van der Waals surface area contributed by atoms with Gasteiger partial charge in [-0.3, -0.25) is 0 Å². The van der Waals surface area contributed by atoms with Gasteiger partial charge in [-0.1, -0.05) is 72.8 Å². The van der Waals surface area contributed by atoms with Crippen molar-refractivity contribution in [1.29, 1.82) is 0 Å². The minimum atomic E-state index is 0.375. The minimum absolute atomic E-state index is 0.375. The molecule has 0 nitrogen and oxygen atoms in total. The normalized spacial score (nSPS) is 22.5. The summed E-state index contributed by atoms with van der Waals surface area (Å²) >= 11 is 0. The molecule has 0 atom stereocenters. The second-order valence-corrected chi connectivity index (χ2v) is 6.03. The van der Waals surface area contributed by atoms with E-state index in [1.54, 1.807) is 0 Å². The van der Waals surface area contributed by atoms with Gasteiger partial charge in [0.2, 0.25) is 0 Å². The van der Waals surface area contributed by atoms with Crippen LogP contribution in [0.5, 0.6) is 0 Å². The summed E-state index contributed by atoms with van der Waals surface area (Å²) < 4.78 is 0. The quantitative estimate of drug-likeness (QED) is 0.661. The molecular weight excluding hydrogens is 264 g/mol. The van der Waals surface area contributed by atoms with Gasteiger partial charge in [-0.2, -0.15) is 0 Å². The van der Waals surface area contributed by atoms with Gasteiger partial charge in [0.25, 0.3) is 0 Å². The monoisotopic (exact) mass is 284 g/mol. The maximum absolute atomic E-state index is 2.30. The zero-order valence-electron chi connectivity index (χ0n) is 13.1. The Labute approximate surface area is 132 Å². The fraction of sp³-hybridized carbons (Fsp3) is 0.182. The molecule has 2 bridgehead atoms. The zero-order chi connectivity index (χ0) is 15.1. The predicted octanol–water partition coefficient (Wildman–Crippen LogP) is 5.73. The van der Waals surface area contributed by atoms with Crippen LogP contribution in [0.2, 0.25) is 0 Å². The minimum Gasteiger partial charge on any atom is -0.0873 e. The van der Waals surface area contributed by atoms with Gasteiger partial charge in [0.05, 0.1) is 0 Å². The maximum Gasteiger partial charge on any atom is 0.0349 e. The highest BCUT2D eigenvalue weighted by atomic mass is 14.4. The van der Waals surface area contributed by atoms with Crippen molar-refractivity contribution in [2.45, 2.75) is 25.7 Å². The first-order chi connectivity index (χ1) is 10.9. The van der Waals surface area contributed by atoms with Gasteiger partial charge in [0.1, 0.15) is 0 Å². The number of rotatable bonds is 2. The molecule has 3 aliphatic carbocycles. The first kappa shape index (κ1) is 13.3. The van der Waals surface area contributed by atoms with Crippen LogP contribution in [-0.2, 0) is 0 Å². The van der Waals surface area contributed by atoms with E-state index in [0.717, 1.165) is 0 Å². The van der Waals surface area contributed by atoms with Gasteiger partial charge in [0, 0.05) is 11.8 Å². The van der Waals surface area contributed by atoms with Gasteiger partial charge in [-0.25, -0.2) is 0 Å².